The highest BCUT2D eigenvalue weighted by atomic mass is 16.5. The van der Waals surface area contributed by atoms with Crippen molar-refractivity contribution in [1.82, 2.24) is 9.97 Å². The second-order valence-electron chi connectivity index (χ2n) is 4.51. The summed E-state index contributed by atoms with van der Waals surface area (Å²) < 4.78 is 5.54. The van der Waals surface area contributed by atoms with E-state index in [1.807, 2.05) is 0 Å². The largest absolute Gasteiger partial charge is 0.494 e. The Hall–Kier alpha value is -2.63. The number of aromatic nitrogens is 2. The molecule has 0 aliphatic rings. The lowest BCUT2D eigenvalue weighted by atomic mass is 10.2. The van der Waals surface area contributed by atoms with Crippen LogP contribution in [0.15, 0.2) is 35.3 Å². The molecule has 0 saturated carbocycles. The molecule has 0 amide bonds. The highest BCUT2D eigenvalue weighted by Gasteiger charge is 2.10. The number of hydrogen-bond donors (Lipinski definition) is 2. The van der Waals surface area contributed by atoms with E-state index in [0.717, 1.165) is 24.8 Å². The van der Waals surface area contributed by atoms with Crippen LogP contribution in [0.3, 0.4) is 0 Å². The van der Waals surface area contributed by atoms with Crippen LogP contribution in [0.1, 0.15) is 30.1 Å². The molecule has 1 heterocycles. The molecule has 110 valence electrons. The van der Waals surface area contributed by atoms with E-state index >= 15 is 0 Å². The van der Waals surface area contributed by atoms with Gasteiger partial charge in [0.1, 0.15) is 17.1 Å². The van der Waals surface area contributed by atoms with Crippen LogP contribution in [0.4, 0.5) is 0 Å². The number of aromatic amines is 1. The Morgan fingerprint density at radius 3 is 2.62 bits per heavy atom. The number of carboxylic acids is 1. The normalized spacial score (nSPS) is 10.3. The van der Waals surface area contributed by atoms with Crippen molar-refractivity contribution in [2.75, 3.05) is 6.61 Å². The summed E-state index contributed by atoms with van der Waals surface area (Å²) >= 11 is 0. The van der Waals surface area contributed by atoms with Crippen LogP contribution in [-0.2, 0) is 0 Å². The van der Waals surface area contributed by atoms with Gasteiger partial charge in [-0.2, -0.15) is 0 Å². The Morgan fingerprint density at radius 2 is 2.05 bits per heavy atom. The molecule has 0 spiro atoms. The van der Waals surface area contributed by atoms with Crippen molar-refractivity contribution < 1.29 is 14.6 Å². The van der Waals surface area contributed by atoms with Crippen LogP contribution < -0.4 is 10.3 Å². The molecule has 0 fully saturated rings. The quantitative estimate of drug-likeness (QED) is 0.796. The molecular weight excluding hydrogens is 272 g/mol. The summed E-state index contributed by atoms with van der Waals surface area (Å²) in [5, 5.41) is 8.79. The molecule has 0 saturated heterocycles. The van der Waals surface area contributed by atoms with Crippen LogP contribution in [0.25, 0.3) is 11.4 Å². The van der Waals surface area contributed by atoms with Gasteiger partial charge in [0.25, 0.3) is 5.56 Å². The summed E-state index contributed by atoms with van der Waals surface area (Å²) in [7, 11) is 0. The molecule has 6 nitrogen and oxygen atoms in total. The van der Waals surface area contributed by atoms with Gasteiger partial charge >= 0.3 is 5.97 Å². The third kappa shape index (κ3) is 3.68. The number of rotatable bonds is 6. The second-order valence-corrected chi connectivity index (χ2v) is 4.51. The van der Waals surface area contributed by atoms with Gasteiger partial charge in [-0.3, -0.25) is 4.79 Å². The first kappa shape index (κ1) is 14.8. The summed E-state index contributed by atoms with van der Waals surface area (Å²) in [5.74, 6) is -0.225. The number of carboxylic acid groups (broad SMARTS) is 1. The first-order valence-corrected chi connectivity index (χ1v) is 6.67. The van der Waals surface area contributed by atoms with Gasteiger partial charge in [-0.25, -0.2) is 9.78 Å². The highest BCUT2D eigenvalue weighted by molar-refractivity contribution is 5.86. The van der Waals surface area contributed by atoms with Gasteiger partial charge < -0.3 is 14.8 Å². The molecule has 0 bridgehead atoms. The SMILES string of the molecule is CCCCOc1ccc(-c2ncc(C(=O)O)c(=O)[nH]2)cc1. The fourth-order valence-corrected chi connectivity index (χ4v) is 1.74. The summed E-state index contributed by atoms with van der Waals surface area (Å²) in [6.07, 6.45) is 3.12. The zero-order valence-electron chi connectivity index (χ0n) is 11.6. The predicted molar refractivity (Wildman–Crippen MR) is 77.7 cm³/mol. The molecular formula is C15H16N2O4. The molecule has 0 aliphatic heterocycles. The zero-order valence-corrected chi connectivity index (χ0v) is 11.6. The number of aromatic carboxylic acids is 1. The van der Waals surface area contributed by atoms with Gasteiger partial charge in [-0.1, -0.05) is 13.3 Å². The molecule has 2 aromatic rings. The maximum Gasteiger partial charge on any atom is 0.342 e. The maximum absolute atomic E-state index is 11.6. The fourth-order valence-electron chi connectivity index (χ4n) is 1.74. The minimum atomic E-state index is -1.30. The molecule has 6 heteroatoms. The van der Waals surface area contributed by atoms with Gasteiger partial charge in [-0.15, -0.1) is 0 Å². The first-order chi connectivity index (χ1) is 10.1. The Labute approximate surface area is 121 Å². The number of H-pyrrole nitrogens is 1. The van der Waals surface area contributed by atoms with E-state index in [9.17, 15) is 9.59 Å². The number of carbonyl (C=O) groups is 1. The predicted octanol–water partition coefficient (Wildman–Crippen LogP) is 2.31. The van der Waals surface area contributed by atoms with Crippen molar-refractivity contribution in [3.05, 3.63) is 46.4 Å². The van der Waals surface area contributed by atoms with Crippen molar-refractivity contribution in [3.63, 3.8) is 0 Å². The Morgan fingerprint density at radius 1 is 1.33 bits per heavy atom. The van der Waals surface area contributed by atoms with Gasteiger partial charge in [0.2, 0.25) is 0 Å². The topological polar surface area (TPSA) is 92.3 Å². The molecule has 0 aliphatic carbocycles. The van der Waals surface area contributed by atoms with E-state index in [1.54, 1.807) is 24.3 Å². The van der Waals surface area contributed by atoms with E-state index in [4.69, 9.17) is 9.84 Å². The molecule has 0 atom stereocenters. The van der Waals surface area contributed by atoms with Crippen LogP contribution in [-0.4, -0.2) is 27.7 Å². The molecule has 21 heavy (non-hydrogen) atoms. The molecule has 0 unspecified atom stereocenters. The van der Waals surface area contributed by atoms with Crippen LogP contribution in [0.5, 0.6) is 5.75 Å². The van der Waals surface area contributed by atoms with Crippen molar-refractivity contribution in [1.29, 1.82) is 0 Å². The first-order valence-electron chi connectivity index (χ1n) is 6.67. The van der Waals surface area contributed by atoms with E-state index < -0.39 is 11.5 Å². The van der Waals surface area contributed by atoms with Crippen molar-refractivity contribution >= 4 is 5.97 Å². The van der Waals surface area contributed by atoms with E-state index in [-0.39, 0.29) is 5.56 Å². The lowest BCUT2D eigenvalue weighted by Crippen LogP contribution is -2.18. The van der Waals surface area contributed by atoms with Crippen LogP contribution in [0, 0.1) is 0 Å². The van der Waals surface area contributed by atoms with Crippen molar-refractivity contribution in [2.45, 2.75) is 19.8 Å². The average molecular weight is 288 g/mol. The number of hydrogen-bond acceptors (Lipinski definition) is 4. The lowest BCUT2D eigenvalue weighted by Gasteiger charge is -2.06. The van der Waals surface area contributed by atoms with E-state index in [1.165, 1.54) is 0 Å². The van der Waals surface area contributed by atoms with Gasteiger partial charge in [0.05, 0.1) is 6.61 Å². The number of benzene rings is 1. The Bertz CT molecular complexity index is 677. The third-order valence-corrected chi connectivity index (χ3v) is 2.92. The van der Waals surface area contributed by atoms with Gasteiger partial charge in [-0.05, 0) is 30.7 Å². The lowest BCUT2D eigenvalue weighted by molar-refractivity contribution is 0.0694. The third-order valence-electron chi connectivity index (χ3n) is 2.92. The van der Waals surface area contributed by atoms with E-state index in [0.29, 0.717) is 18.0 Å². The summed E-state index contributed by atoms with van der Waals surface area (Å²) in [5.41, 5.74) is -0.360. The molecule has 1 aromatic heterocycles. The Kier molecular flexibility index (Phi) is 4.71. The number of nitrogens with one attached hydrogen (secondary N) is 1. The fraction of sp³-hybridized carbons (Fsp3) is 0.267. The minimum absolute atomic E-state index is 0.324. The molecule has 2 N–H and O–H groups in total. The van der Waals surface area contributed by atoms with Crippen molar-refractivity contribution in [2.24, 2.45) is 0 Å². The molecule has 2 rings (SSSR count). The maximum atomic E-state index is 11.6. The highest BCUT2D eigenvalue weighted by Crippen LogP contribution is 2.18. The zero-order chi connectivity index (χ0) is 15.2. The summed E-state index contributed by atoms with van der Waals surface area (Å²) in [6, 6.07) is 7.10. The summed E-state index contributed by atoms with van der Waals surface area (Å²) in [4.78, 5) is 28.8. The molecule has 0 radical (unpaired) electrons. The van der Waals surface area contributed by atoms with Crippen LogP contribution in [0.2, 0.25) is 0 Å². The number of ether oxygens (including phenoxy) is 1. The average Bonchev–Trinajstić information content (AvgIpc) is 2.48. The van der Waals surface area contributed by atoms with E-state index in [2.05, 4.69) is 16.9 Å². The summed E-state index contributed by atoms with van der Waals surface area (Å²) in [6.45, 7) is 2.76. The number of nitrogens with zero attached hydrogens (tertiary/aromatic N) is 1. The van der Waals surface area contributed by atoms with Gasteiger partial charge in [0.15, 0.2) is 0 Å². The van der Waals surface area contributed by atoms with Gasteiger partial charge in [0, 0.05) is 11.8 Å². The second kappa shape index (κ2) is 6.69. The number of unbranched alkanes of at least 4 members (excludes halogenated alkanes) is 1. The Balaban J connectivity index is 2.17. The smallest absolute Gasteiger partial charge is 0.342 e. The molecule has 1 aromatic carbocycles. The minimum Gasteiger partial charge on any atom is -0.494 e. The van der Waals surface area contributed by atoms with Crippen LogP contribution >= 0.6 is 0 Å². The standard InChI is InChI=1S/C15H16N2O4/c1-2-3-8-21-11-6-4-10(5-7-11)13-16-9-12(15(19)20)14(18)17-13/h4-7,9H,2-3,8H2,1H3,(H,19,20)(H,16,17,18). The monoisotopic (exact) mass is 288 g/mol. The van der Waals surface area contributed by atoms with Crippen molar-refractivity contribution in [3.8, 4) is 17.1 Å².